The molecule has 0 radical (unpaired) electrons. The largest absolute Gasteiger partial charge is 0.268 e. The van der Waals surface area contributed by atoms with Crippen molar-refractivity contribution in [1.29, 1.82) is 0 Å². The van der Waals surface area contributed by atoms with Gasteiger partial charge in [-0.3, -0.25) is 9.36 Å². The Bertz CT molecular complexity index is 979. The van der Waals surface area contributed by atoms with Crippen LogP contribution in [0.15, 0.2) is 23.2 Å². The Morgan fingerprint density at radius 2 is 2.05 bits per heavy atom. The highest BCUT2D eigenvalue weighted by Crippen LogP contribution is 2.17. The van der Waals surface area contributed by atoms with Crippen LogP contribution in [0.4, 0.5) is 0 Å². The number of aryl methyl sites for hydroxylation is 3. The van der Waals surface area contributed by atoms with Crippen molar-refractivity contribution in [2.45, 2.75) is 19.9 Å². The number of halogens is 1. The minimum absolute atomic E-state index is 0.707. The molecule has 0 atom stereocenters. The Labute approximate surface area is 133 Å². The van der Waals surface area contributed by atoms with Gasteiger partial charge in [-0.15, -0.1) is 5.10 Å². The van der Waals surface area contributed by atoms with E-state index in [4.69, 9.17) is 0 Å². The molecule has 4 aromatic heterocycles. The molecule has 0 saturated carbocycles. The number of aromatic nitrogens is 8. The fraction of sp³-hybridized carbons (Fsp3) is 0.308. The lowest BCUT2D eigenvalue weighted by atomic mass is 10.4. The summed E-state index contributed by atoms with van der Waals surface area (Å²) in [6, 6.07) is 0. The van der Waals surface area contributed by atoms with Gasteiger partial charge in [0.15, 0.2) is 17.1 Å². The van der Waals surface area contributed by atoms with E-state index in [0.717, 1.165) is 39.2 Å². The van der Waals surface area contributed by atoms with Crippen molar-refractivity contribution >= 4 is 32.6 Å². The van der Waals surface area contributed by atoms with Gasteiger partial charge in [0, 0.05) is 25.7 Å². The molecule has 112 valence electrons. The highest BCUT2D eigenvalue weighted by Gasteiger charge is 2.12. The SMILES string of the molecule is Cc1c(Br)cnn1CCc1nc2c3cnn(C)c3ncn2n1. The van der Waals surface area contributed by atoms with Gasteiger partial charge in [0.2, 0.25) is 0 Å². The van der Waals surface area contributed by atoms with Gasteiger partial charge in [-0.2, -0.15) is 10.2 Å². The maximum absolute atomic E-state index is 4.61. The summed E-state index contributed by atoms with van der Waals surface area (Å²) in [4.78, 5) is 8.97. The molecule has 0 unspecified atom stereocenters. The van der Waals surface area contributed by atoms with Crippen molar-refractivity contribution in [1.82, 2.24) is 39.1 Å². The van der Waals surface area contributed by atoms with Crippen LogP contribution in [-0.2, 0) is 20.0 Å². The fourth-order valence-corrected chi connectivity index (χ4v) is 2.74. The summed E-state index contributed by atoms with van der Waals surface area (Å²) >= 11 is 3.46. The third-order valence-corrected chi connectivity index (χ3v) is 4.48. The Morgan fingerprint density at radius 3 is 2.82 bits per heavy atom. The van der Waals surface area contributed by atoms with Gasteiger partial charge in [-0.05, 0) is 22.9 Å². The molecule has 0 N–H and O–H groups in total. The topological polar surface area (TPSA) is 78.7 Å². The summed E-state index contributed by atoms with van der Waals surface area (Å²) in [5, 5.41) is 13.9. The standard InChI is InChI=1S/C13H13BrN8/c1-8-10(14)6-17-21(8)4-3-11-18-13-9-5-16-20(2)12(9)15-7-22(13)19-11/h5-7H,3-4H2,1-2H3. The average molecular weight is 361 g/mol. The predicted octanol–water partition coefficient (Wildman–Crippen LogP) is 1.52. The van der Waals surface area contributed by atoms with E-state index in [1.165, 1.54) is 0 Å². The third-order valence-electron chi connectivity index (χ3n) is 3.70. The monoisotopic (exact) mass is 360 g/mol. The zero-order valence-electron chi connectivity index (χ0n) is 12.1. The van der Waals surface area contributed by atoms with Crippen LogP contribution in [0.25, 0.3) is 16.7 Å². The van der Waals surface area contributed by atoms with E-state index in [-0.39, 0.29) is 0 Å². The zero-order chi connectivity index (χ0) is 15.3. The summed E-state index contributed by atoms with van der Waals surface area (Å²) in [5.41, 5.74) is 2.69. The maximum atomic E-state index is 4.61. The zero-order valence-corrected chi connectivity index (χ0v) is 13.7. The molecule has 0 fully saturated rings. The summed E-state index contributed by atoms with van der Waals surface area (Å²) in [6.45, 7) is 2.76. The van der Waals surface area contributed by atoms with Crippen LogP contribution in [0.1, 0.15) is 11.5 Å². The van der Waals surface area contributed by atoms with Crippen molar-refractivity contribution in [3.05, 3.63) is 34.7 Å². The molecule has 4 rings (SSSR count). The van der Waals surface area contributed by atoms with Crippen LogP contribution in [0.5, 0.6) is 0 Å². The Kier molecular flexibility index (Phi) is 2.96. The number of hydrogen-bond donors (Lipinski definition) is 0. The molecule has 0 aliphatic carbocycles. The van der Waals surface area contributed by atoms with Crippen LogP contribution in [-0.4, -0.2) is 39.1 Å². The first kappa shape index (κ1) is 13.4. The van der Waals surface area contributed by atoms with Crippen LogP contribution in [0.3, 0.4) is 0 Å². The number of nitrogens with zero attached hydrogens (tertiary/aromatic N) is 8. The maximum Gasteiger partial charge on any atom is 0.170 e. The van der Waals surface area contributed by atoms with Gasteiger partial charge in [-0.25, -0.2) is 14.5 Å². The first-order valence-electron chi connectivity index (χ1n) is 6.83. The van der Waals surface area contributed by atoms with E-state index in [9.17, 15) is 0 Å². The van der Waals surface area contributed by atoms with Crippen LogP contribution in [0, 0.1) is 6.92 Å². The second-order valence-corrected chi connectivity index (χ2v) is 5.95. The lowest BCUT2D eigenvalue weighted by molar-refractivity contribution is 0.584. The first-order valence-corrected chi connectivity index (χ1v) is 7.62. The van der Waals surface area contributed by atoms with Crippen LogP contribution < -0.4 is 0 Å². The number of fused-ring (bicyclic) bond motifs is 3. The molecule has 4 heterocycles. The summed E-state index contributed by atoms with van der Waals surface area (Å²) in [6.07, 6.45) is 5.95. The first-order chi connectivity index (χ1) is 10.6. The van der Waals surface area contributed by atoms with Crippen molar-refractivity contribution in [3.63, 3.8) is 0 Å². The van der Waals surface area contributed by atoms with E-state index < -0.39 is 0 Å². The normalized spacial score (nSPS) is 11.8. The molecule has 0 amide bonds. The molecule has 0 bridgehead atoms. The number of hydrogen-bond acceptors (Lipinski definition) is 5. The van der Waals surface area contributed by atoms with Gasteiger partial charge in [0.25, 0.3) is 0 Å². The number of rotatable bonds is 3. The summed E-state index contributed by atoms with van der Waals surface area (Å²) in [7, 11) is 1.86. The van der Waals surface area contributed by atoms with E-state index in [2.05, 4.69) is 41.2 Å². The molecular formula is C13H13BrN8. The van der Waals surface area contributed by atoms with Crippen molar-refractivity contribution in [2.75, 3.05) is 0 Å². The Balaban J connectivity index is 1.68. The summed E-state index contributed by atoms with van der Waals surface area (Å²) < 4.78 is 6.38. The highest BCUT2D eigenvalue weighted by molar-refractivity contribution is 9.10. The van der Waals surface area contributed by atoms with Gasteiger partial charge >= 0.3 is 0 Å². The molecule has 4 aromatic rings. The minimum atomic E-state index is 0.707. The Morgan fingerprint density at radius 1 is 1.18 bits per heavy atom. The molecule has 8 nitrogen and oxygen atoms in total. The average Bonchev–Trinajstić information content (AvgIpc) is 3.17. The molecule has 0 saturated heterocycles. The van der Waals surface area contributed by atoms with Crippen LogP contribution >= 0.6 is 15.9 Å². The minimum Gasteiger partial charge on any atom is -0.268 e. The highest BCUT2D eigenvalue weighted by atomic mass is 79.9. The van der Waals surface area contributed by atoms with Gasteiger partial charge in [0.05, 0.1) is 22.3 Å². The van der Waals surface area contributed by atoms with E-state index >= 15 is 0 Å². The summed E-state index contributed by atoms with van der Waals surface area (Å²) in [5.74, 6) is 0.768. The molecule has 0 aliphatic rings. The molecule has 0 aromatic carbocycles. The lowest BCUT2D eigenvalue weighted by Crippen LogP contribution is -2.06. The predicted molar refractivity (Wildman–Crippen MR) is 83.4 cm³/mol. The second-order valence-electron chi connectivity index (χ2n) is 5.10. The molecule has 0 aliphatic heterocycles. The van der Waals surface area contributed by atoms with Gasteiger partial charge < -0.3 is 0 Å². The second kappa shape index (κ2) is 4.87. The van der Waals surface area contributed by atoms with Gasteiger partial charge in [-0.1, -0.05) is 0 Å². The van der Waals surface area contributed by atoms with E-state index in [1.54, 1.807) is 27.9 Å². The Hall–Kier alpha value is -2.29. The van der Waals surface area contributed by atoms with Gasteiger partial charge in [0.1, 0.15) is 6.33 Å². The van der Waals surface area contributed by atoms with Crippen molar-refractivity contribution in [2.24, 2.45) is 7.05 Å². The molecular weight excluding hydrogens is 348 g/mol. The molecule has 0 spiro atoms. The third kappa shape index (κ3) is 2.00. The lowest BCUT2D eigenvalue weighted by Gasteiger charge is -2.01. The molecule has 9 heteroatoms. The van der Waals surface area contributed by atoms with Crippen molar-refractivity contribution < 1.29 is 0 Å². The quantitative estimate of drug-likeness (QED) is 0.553. The van der Waals surface area contributed by atoms with E-state index in [1.807, 2.05) is 18.7 Å². The van der Waals surface area contributed by atoms with Crippen molar-refractivity contribution in [3.8, 4) is 0 Å². The van der Waals surface area contributed by atoms with E-state index in [0.29, 0.717) is 6.42 Å². The smallest absolute Gasteiger partial charge is 0.170 e. The fourth-order valence-electron chi connectivity index (χ4n) is 2.44. The van der Waals surface area contributed by atoms with Crippen LogP contribution in [0.2, 0.25) is 0 Å². The molecule has 22 heavy (non-hydrogen) atoms.